The molecule has 1 amide bonds. The fourth-order valence-corrected chi connectivity index (χ4v) is 2.82. The molecule has 0 atom stereocenters. The van der Waals surface area contributed by atoms with Gasteiger partial charge in [-0.1, -0.05) is 28.1 Å². The number of hydrogen-bond donors (Lipinski definition) is 1. The first-order valence-corrected chi connectivity index (χ1v) is 6.55. The number of benzene rings is 1. The highest BCUT2D eigenvalue weighted by atomic mass is 79.9. The third kappa shape index (κ3) is 2.68. The van der Waals surface area contributed by atoms with E-state index in [1.165, 1.54) is 0 Å². The Morgan fingerprint density at radius 1 is 1.42 bits per heavy atom. The third-order valence-corrected chi connectivity index (χ3v) is 3.77. The Balaban J connectivity index is 2.31. The standard InChI is InChI=1S/C13H12BrF2NO2/c14-10-3-1-2-9(6-10)12(7-13(15,16)8-12)11(19)17-4-5-18/h1-3,5-6H,4,7-8H2,(H,17,19). The number of alkyl halides is 2. The van der Waals surface area contributed by atoms with Gasteiger partial charge in [0.2, 0.25) is 5.91 Å². The number of aldehydes is 1. The molecule has 0 spiro atoms. The van der Waals surface area contributed by atoms with Gasteiger partial charge in [0.15, 0.2) is 0 Å². The van der Waals surface area contributed by atoms with Crippen LogP contribution in [0.4, 0.5) is 8.78 Å². The van der Waals surface area contributed by atoms with Gasteiger partial charge in [0.1, 0.15) is 6.29 Å². The highest BCUT2D eigenvalue weighted by Crippen LogP contribution is 2.53. The van der Waals surface area contributed by atoms with Crippen molar-refractivity contribution in [3.8, 4) is 0 Å². The zero-order valence-corrected chi connectivity index (χ0v) is 11.5. The minimum atomic E-state index is -2.83. The van der Waals surface area contributed by atoms with E-state index in [4.69, 9.17) is 0 Å². The Morgan fingerprint density at radius 3 is 2.63 bits per heavy atom. The van der Waals surface area contributed by atoms with E-state index in [-0.39, 0.29) is 6.54 Å². The molecule has 1 aliphatic carbocycles. The summed E-state index contributed by atoms with van der Waals surface area (Å²) in [5.74, 6) is -3.36. The van der Waals surface area contributed by atoms with Crippen LogP contribution in [0.15, 0.2) is 28.7 Å². The Labute approximate surface area is 117 Å². The van der Waals surface area contributed by atoms with Gasteiger partial charge in [0.25, 0.3) is 5.92 Å². The van der Waals surface area contributed by atoms with Crippen molar-refractivity contribution in [3.05, 3.63) is 34.3 Å². The molecule has 0 aliphatic heterocycles. The summed E-state index contributed by atoms with van der Waals surface area (Å²) in [5, 5.41) is 2.38. The molecule has 0 unspecified atom stereocenters. The van der Waals surface area contributed by atoms with E-state index in [0.717, 1.165) is 4.47 Å². The highest BCUT2D eigenvalue weighted by molar-refractivity contribution is 9.10. The van der Waals surface area contributed by atoms with Gasteiger partial charge < -0.3 is 10.1 Å². The second-order valence-corrected chi connectivity index (χ2v) is 5.59. The predicted octanol–water partition coefficient (Wildman–Crippen LogP) is 2.43. The maximum Gasteiger partial charge on any atom is 0.250 e. The lowest BCUT2D eigenvalue weighted by molar-refractivity contribution is -0.159. The number of hydrogen-bond acceptors (Lipinski definition) is 2. The molecule has 0 heterocycles. The van der Waals surface area contributed by atoms with Crippen LogP contribution < -0.4 is 5.32 Å². The SMILES string of the molecule is O=CCNC(=O)C1(c2cccc(Br)c2)CC(F)(F)C1. The summed E-state index contributed by atoms with van der Waals surface area (Å²) in [6.45, 7) is -0.167. The average molecular weight is 332 g/mol. The van der Waals surface area contributed by atoms with Crippen molar-refractivity contribution in [1.82, 2.24) is 5.32 Å². The van der Waals surface area contributed by atoms with E-state index in [1.54, 1.807) is 24.3 Å². The maximum absolute atomic E-state index is 13.2. The largest absolute Gasteiger partial charge is 0.349 e. The van der Waals surface area contributed by atoms with E-state index in [0.29, 0.717) is 11.8 Å². The molecule has 19 heavy (non-hydrogen) atoms. The zero-order chi connectivity index (χ0) is 14.1. The summed E-state index contributed by atoms with van der Waals surface area (Å²) in [6, 6.07) is 6.78. The Kier molecular flexibility index (Phi) is 3.71. The monoisotopic (exact) mass is 331 g/mol. The summed E-state index contributed by atoms with van der Waals surface area (Å²) < 4.78 is 27.2. The van der Waals surface area contributed by atoms with Crippen molar-refractivity contribution >= 4 is 28.1 Å². The van der Waals surface area contributed by atoms with Gasteiger partial charge in [-0.3, -0.25) is 4.79 Å². The van der Waals surface area contributed by atoms with Crippen LogP contribution in [0.1, 0.15) is 18.4 Å². The molecular weight excluding hydrogens is 320 g/mol. The smallest absolute Gasteiger partial charge is 0.250 e. The first-order chi connectivity index (χ1) is 8.89. The number of amides is 1. The minimum absolute atomic E-state index is 0.167. The van der Waals surface area contributed by atoms with Gasteiger partial charge in [-0.15, -0.1) is 0 Å². The van der Waals surface area contributed by atoms with Gasteiger partial charge in [0, 0.05) is 17.3 Å². The molecule has 1 fully saturated rings. The Morgan fingerprint density at radius 2 is 2.11 bits per heavy atom. The first-order valence-electron chi connectivity index (χ1n) is 5.75. The average Bonchev–Trinajstić information content (AvgIpc) is 2.32. The van der Waals surface area contributed by atoms with E-state index in [2.05, 4.69) is 21.2 Å². The Bertz CT molecular complexity index is 511. The second kappa shape index (κ2) is 5.00. The van der Waals surface area contributed by atoms with Crippen molar-refractivity contribution in [3.63, 3.8) is 0 Å². The van der Waals surface area contributed by atoms with Crippen molar-refractivity contribution < 1.29 is 18.4 Å². The number of rotatable bonds is 4. The summed E-state index contributed by atoms with van der Waals surface area (Å²) in [5.41, 5.74) is -0.702. The minimum Gasteiger partial charge on any atom is -0.349 e. The molecule has 0 bridgehead atoms. The zero-order valence-electron chi connectivity index (χ0n) is 9.96. The second-order valence-electron chi connectivity index (χ2n) is 4.68. The molecule has 1 aromatic carbocycles. The van der Waals surface area contributed by atoms with Crippen LogP contribution in [-0.2, 0) is 15.0 Å². The number of halogens is 3. The van der Waals surface area contributed by atoms with Crippen molar-refractivity contribution in [2.75, 3.05) is 6.54 Å². The molecule has 2 rings (SSSR count). The summed E-state index contributed by atoms with van der Waals surface area (Å²) in [6.07, 6.45) is -0.522. The van der Waals surface area contributed by atoms with Crippen LogP contribution in [0, 0.1) is 0 Å². The lowest BCUT2D eigenvalue weighted by atomic mass is 9.61. The van der Waals surface area contributed by atoms with E-state index in [9.17, 15) is 18.4 Å². The van der Waals surface area contributed by atoms with Gasteiger partial charge in [-0.25, -0.2) is 8.78 Å². The molecule has 1 saturated carbocycles. The number of nitrogens with one attached hydrogen (secondary N) is 1. The fraction of sp³-hybridized carbons (Fsp3) is 0.385. The molecule has 0 saturated heterocycles. The fourth-order valence-electron chi connectivity index (χ4n) is 2.42. The first kappa shape index (κ1) is 14.1. The molecule has 6 heteroatoms. The highest BCUT2D eigenvalue weighted by Gasteiger charge is 2.61. The van der Waals surface area contributed by atoms with Crippen molar-refractivity contribution in [2.24, 2.45) is 0 Å². The number of carbonyl (C=O) groups excluding carboxylic acids is 2. The molecule has 3 nitrogen and oxygen atoms in total. The van der Waals surface area contributed by atoms with E-state index in [1.807, 2.05) is 0 Å². The number of carbonyl (C=O) groups is 2. The lowest BCUT2D eigenvalue weighted by Crippen LogP contribution is -2.58. The molecular formula is C13H12BrF2NO2. The van der Waals surface area contributed by atoms with Crippen LogP contribution in [0.25, 0.3) is 0 Å². The molecule has 0 radical (unpaired) electrons. The third-order valence-electron chi connectivity index (χ3n) is 3.28. The van der Waals surface area contributed by atoms with Gasteiger partial charge in [-0.2, -0.15) is 0 Å². The maximum atomic E-state index is 13.2. The van der Waals surface area contributed by atoms with Crippen LogP contribution in [0.3, 0.4) is 0 Å². The quantitative estimate of drug-likeness (QED) is 0.861. The molecule has 1 aromatic rings. The van der Waals surface area contributed by atoms with Gasteiger partial charge >= 0.3 is 0 Å². The van der Waals surface area contributed by atoms with E-state index < -0.39 is 30.1 Å². The topological polar surface area (TPSA) is 46.2 Å². The normalized spacial score (nSPS) is 19.3. The molecule has 1 aliphatic rings. The summed E-state index contributed by atoms with van der Waals surface area (Å²) in [4.78, 5) is 22.4. The molecule has 102 valence electrons. The van der Waals surface area contributed by atoms with Crippen molar-refractivity contribution in [2.45, 2.75) is 24.2 Å². The molecule has 1 N–H and O–H groups in total. The van der Waals surface area contributed by atoms with Crippen LogP contribution >= 0.6 is 15.9 Å². The molecule has 0 aromatic heterocycles. The van der Waals surface area contributed by atoms with Crippen LogP contribution in [0.5, 0.6) is 0 Å². The van der Waals surface area contributed by atoms with Crippen LogP contribution in [0.2, 0.25) is 0 Å². The summed E-state index contributed by atoms with van der Waals surface area (Å²) >= 11 is 3.26. The van der Waals surface area contributed by atoms with E-state index >= 15 is 0 Å². The van der Waals surface area contributed by atoms with Crippen LogP contribution in [-0.4, -0.2) is 24.7 Å². The Hall–Kier alpha value is -1.30. The lowest BCUT2D eigenvalue weighted by Gasteiger charge is -2.46. The van der Waals surface area contributed by atoms with Gasteiger partial charge in [0.05, 0.1) is 12.0 Å². The van der Waals surface area contributed by atoms with Gasteiger partial charge in [-0.05, 0) is 17.7 Å². The summed E-state index contributed by atoms with van der Waals surface area (Å²) in [7, 11) is 0. The predicted molar refractivity (Wildman–Crippen MR) is 69.1 cm³/mol. The van der Waals surface area contributed by atoms with Crippen molar-refractivity contribution in [1.29, 1.82) is 0 Å².